The number of halogens is 1. The molecule has 1 aromatic rings. The van der Waals surface area contributed by atoms with Crippen LogP contribution >= 0.6 is 11.6 Å². The van der Waals surface area contributed by atoms with Crippen molar-refractivity contribution in [2.45, 2.75) is 44.6 Å². The van der Waals surface area contributed by atoms with E-state index in [4.69, 9.17) is 17.3 Å². The van der Waals surface area contributed by atoms with Crippen LogP contribution in [0.15, 0.2) is 18.2 Å². The number of rotatable bonds is 5. The predicted octanol–water partition coefficient (Wildman–Crippen LogP) is 1.53. The average Bonchev–Trinajstić information content (AvgIpc) is 3.43. The Morgan fingerprint density at radius 3 is 2.82 bits per heavy atom. The maximum absolute atomic E-state index is 13.5. The van der Waals surface area contributed by atoms with Crippen LogP contribution in [0.2, 0.25) is 5.02 Å². The van der Waals surface area contributed by atoms with Crippen molar-refractivity contribution in [1.29, 1.82) is 0 Å². The number of amides is 1. The third kappa shape index (κ3) is 3.94. The van der Waals surface area contributed by atoms with E-state index in [0.29, 0.717) is 24.0 Å². The minimum Gasteiger partial charge on any atom is -0.344 e. The third-order valence-electron chi connectivity index (χ3n) is 6.22. The maximum atomic E-state index is 13.5. The van der Waals surface area contributed by atoms with Gasteiger partial charge in [-0.05, 0) is 50.3 Å². The van der Waals surface area contributed by atoms with Crippen LogP contribution in [0.25, 0.3) is 0 Å². The Bertz CT molecular complexity index is 769. The molecule has 28 heavy (non-hydrogen) atoms. The van der Waals surface area contributed by atoms with Crippen LogP contribution in [-0.4, -0.2) is 54.0 Å². The lowest BCUT2D eigenvalue weighted by atomic mass is 10.0. The number of benzene rings is 1. The van der Waals surface area contributed by atoms with E-state index in [9.17, 15) is 9.70 Å². The monoisotopic (exact) mass is 406 g/mol. The second-order valence-electron chi connectivity index (χ2n) is 8.37. The molecule has 0 bridgehead atoms. The Kier molecular flexibility index (Phi) is 5.69. The number of nitroso groups, excluding NO2 is 1. The molecule has 0 spiro atoms. The topological polar surface area (TPSA) is 90.5 Å². The van der Waals surface area contributed by atoms with Gasteiger partial charge in [-0.25, -0.2) is 10.2 Å². The number of aryl methyl sites for hydroxylation is 1. The molecular formula is C20H29ClN5O2+. The molecular weight excluding hydrogens is 378 g/mol. The maximum Gasteiger partial charge on any atom is 0.283 e. The lowest BCUT2D eigenvalue weighted by Crippen LogP contribution is -2.65. The smallest absolute Gasteiger partial charge is 0.283 e. The standard InChI is InChI=1S/C20H28ClN5O2/c1-12-2-3-15(8-16(12)21)18-23-10-17(24-19(27)14-4-5-14)20(26(18)28)25-7-6-13(9-22)11-25/h2-3,8,13-14,17-18,20,23H,4-7,9-11,22H2,1H3/p+1. The molecule has 2 saturated heterocycles. The minimum absolute atomic E-state index is 0.0663. The van der Waals surface area contributed by atoms with Crippen molar-refractivity contribution < 1.29 is 9.55 Å². The van der Waals surface area contributed by atoms with Crippen LogP contribution in [0, 0.1) is 23.7 Å². The Morgan fingerprint density at radius 2 is 2.18 bits per heavy atom. The van der Waals surface area contributed by atoms with E-state index in [1.165, 1.54) is 0 Å². The van der Waals surface area contributed by atoms with Gasteiger partial charge in [-0.15, -0.1) is 0 Å². The quantitative estimate of drug-likeness (QED) is 0.645. The molecule has 2 heterocycles. The highest BCUT2D eigenvalue weighted by atomic mass is 35.5. The first-order chi connectivity index (χ1) is 13.5. The van der Waals surface area contributed by atoms with Gasteiger partial charge in [-0.2, -0.15) is 0 Å². The van der Waals surface area contributed by atoms with Crippen LogP contribution in [-0.2, 0) is 4.79 Å². The predicted molar refractivity (Wildman–Crippen MR) is 108 cm³/mol. The molecule has 8 heteroatoms. The van der Waals surface area contributed by atoms with Crippen molar-refractivity contribution in [3.63, 3.8) is 0 Å². The van der Waals surface area contributed by atoms with Gasteiger partial charge in [0.15, 0.2) is 0 Å². The second kappa shape index (κ2) is 8.06. The fourth-order valence-electron chi connectivity index (χ4n) is 4.29. The molecule has 0 radical (unpaired) electrons. The highest BCUT2D eigenvalue weighted by Gasteiger charge is 2.51. The van der Waals surface area contributed by atoms with Gasteiger partial charge in [0, 0.05) is 45.8 Å². The number of likely N-dealkylation sites (tertiary alicyclic amines) is 1. The molecule has 4 atom stereocenters. The van der Waals surface area contributed by atoms with Gasteiger partial charge in [0.1, 0.15) is 6.04 Å². The molecule has 4 rings (SSSR count). The zero-order valence-corrected chi connectivity index (χ0v) is 17.0. The summed E-state index contributed by atoms with van der Waals surface area (Å²) in [5.41, 5.74) is 7.68. The normalized spacial score (nSPS) is 31.2. The van der Waals surface area contributed by atoms with Crippen molar-refractivity contribution in [2.75, 3.05) is 26.2 Å². The van der Waals surface area contributed by atoms with Gasteiger partial charge in [-0.1, -0.05) is 23.7 Å². The van der Waals surface area contributed by atoms with Crippen LogP contribution in [0.3, 0.4) is 0 Å². The van der Waals surface area contributed by atoms with E-state index >= 15 is 0 Å². The molecule has 3 aliphatic rings. The molecule has 1 amide bonds. The fraction of sp³-hybridized carbons (Fsp3) is 0.650. The molecule has 1 aromatic carbocycles. The van der Waals surface area contributed by atoms with Crippen molar-refractivity contribution in [2.24, 2.45) is 17.6 Å². The Balaban J connectivity index is 1.57. The number of hydrogen-bond acceptors (Lipinski definition) is 5. The van der Waals surface area contributed by atoms with Gasteiger partial charge in [-0.3, -0.25) is 4.79 Å². The van der Waals surface area contributed by atoms with Gasteiger partial charge in [0.2, 0.25) is 5.91 Å². The van der Waals surface area contributed by atoms with Crippen LogP contribution in [0.5, 0.6) is 0 Å². The van der Waals surface area contributed by atoms with Crippen molar-refractivity contribution in [1.82, 2.24) is 15.5 Å². The first-order valence-corrected chi connectivity index (χ1v) is 10.5. The highest BCUT2D eigenvalue weighted by molar-refractivity contribution is 6.31. The van der Waals surface area contributed by atoms with E-state index < -0.39 is 12.3 Å². The van der Waals surface area contributed by atoms with E-state index in [1.807, 2.05) is 25.1 Å². The molecule has 0 aromatic heterocycles. The van der Waals surface area contributed by atoms with Crippen LogP contribution in [0.1, 0.15) is 36.6 Å². The first-order valence-electron chi connectivity index (χ1n) is 10.2. The second-order valence-corrected chi connectivity index (χ2v) is 8.77. The molecule has 4 N–H and O–H groups in total. The Hall–Kier alpha value is -1.54. The van der Waals surface area contributed by atoms with E-state index in [2.05, 4.69) is 15.5 Å². The number of nitrogens with zero attached hydrogens (tertiary/aromatic N) is 2. The van der Waals surface area contributed by atoms with Crippen LogP contribution in [0.4, 0.5) is 0 Å². The molecule has 1 aliphatic carbocycles. The molecule has 4 unspecified atom stereocenters. The van der Waals surface area contributed by atoms with E-state index in [0.717, 1.165) is 48.2 Å². The first kappa shape index (κ1) is 19.8. The largest absolute Gasteiger partial charge is 0.344 e. The van der Waals surface area contributed by atoms with Gasteiger partial charge in [0.05, 0.1) is 0 Å². The number of nitrogens with one attached hydrogen (secondary N) is 2. The molecule has 1 saturated carbocycles. The van der Waals surface area contributed by atoms with Crippen molar-refractivity contribution in [3.8, 4) is 0 Å². The number of carbonyl (C=O) groups is 1. The lowest BCUT2D eigenvalue weighted by molar-refractivity contribution is -0.664. The molecule has 7 nitrogen and oxygen atoms in total. The summed E-state index contributed by atoms with van der Waals surface area (Å²) < 4.78 is 1.10. The fourth-order valence-corrected chi connectivity index (χ4v) is 4.48. The summed E-state index contributed by atoms with van der Waals surface area (Å²) in [5.74, 6) is 0.580. The van der Waals surface area contributed by atoms with E-state index in [-0.39, 0.29) is 17.9 Å². The van der Waals surface area contributed by atoms with E-state index in [1.54, 1.807) is 0 Å². The Morgan fingerprint density at radius 1 is 1.39 bits per heavy atom. The zero-order valence-electron chi connectivity index (χ0n) is 16.2. The van der Waals surface area contributed by atoms with Crippen LogP contribution < -0.4 is 16.4 Å². The molecule has 3 fully saturated rings. The van der Waals surface area contributed by atoms with Crippen molar-refractivity contribution in [3.05, 3.63) is 39.3 Å². The summed E-state index contributed by atoms with van der Waals surface area (Å²) in [7, 11) is 0. The third-order valence-corrected chi connectivity index (χ3v) is 6.63. The summed E-state index contributed by atoms with van der Waals surface area (Å²) in [5, 5.41) is 7.09. The minimum atomic E-state index is -0.492. The van der Waals surface area contributed by atoms with Crippen molar-refractivity contribution >= 4 is 17.5 Å². The van der Waals surface area contributed by atoms with Gasteiger partial charge in [0.25, 0.3) is 12.3 Å². The van der Waals surface area contributed by atoms with Gasteiger partial charge < -0.3 is 11.1 Å². The average molecular weight is 407 g/mol. The highest BCUT2D eigenvalue weighted by Crippen LogP contribution is 2.31. The summed E-state index contributed by atoms with van der Waals surface area (Å²) in [6.45, 7) is 4.72. The molecule has 2 aliphatic heterocycles. The SMILES string of the molecule is Cc1ccc(C2NCC(NC(=O)C3CC3)C(N3CCC(CN)C3)[N+]2=O)cc1Cl. The molecule has 152 valence electrons. The van der Waals surface area contributed by atoms with Gasteiger partial charge >= 0.3 is 0 Å². The summed E-state index contributed by atoms with van der Waals surface area (Å²) in [6, 6.07) is 5.48. The summed E-state index contributed by atoms with van der Waals surface area (Å²) >= 11 is 6.29. The summed E-state index contributed by atoms with van der Waals surface area (Å²) in [6.07, 6.45) is 1.97. The summed E-state index contributed by atoms with van der Waals surface area (Å²) in [4.78, 5) is 28.0. The Labute approximate surface area is 170 Å². The zero-order chi connectivity index (χ0) is 19.8. The number of nitrogens with two attached hydrogens (primary N) is 1. The number of carbonyl (C=O) groups excluding carboxylic acids is 1. The number of hydrogen-bond donors (Lipinski definition) is 3. The lowest BCUT2D eigenvalue weighted by Gasteiger charge is -2.35.